The predicted molar refractivity (Wildman–Crippen MR) is 147 cm³/mol. The number of allylic oxidation sites excluding steroid dienone is 4. The molecular weight excluding hydrogens is 472 g/mol. The Morgan fingerprint density at radius 3 is 1.76 bits per heavy atom. The normalized spacial score (nSPS) is 11.2. The molecule has 1 aromatic carbocycles. The summed E-state index contributed by atoms with van der Waals surface area (Å²) in [6, 6.07) is 0. The van der Waals surface area contributed by atoms with E-state index < -0.39 is 12.2 Å². The molecule has 1 rings (SSSR count). The maximum absolute atomic E-state index is 12.2. The second kappa shape index (κ2) is 15.8. The number of nitrogens with zero attached hydrogens (tertiary/aromatic N) is 2. The number of amides is 2. The number of hydrogen-bond acceptors (Lipinski definition) is 6. The van der Waals surface area contributed by atoms with Crippen LogP contribution in [0.5, 0.6) is 11.5 Å². The summed E-state index contributed by atoms with van der Waals surface area (Å²) in [5, 5.41) is 22.8. The molecule has 0 heterocycles. The van der Waals surface area contributed by atoms with Gasteiger partial charge in [-0.15, -0.1) is 0 Å². The number of phenolic OH excluding ortho intramolecular Hbond substituents is 2. The largest absolute Gasteiger partial charge is 0.507 e. The van der Waals surface area contributed by atoms with Crippen LogP contribution < -0.4 is 0 Å². The van der Waals surface area contributed by atoms with Crippen LogP contribution in [-0.2, 0) is 35.4 Å². The molecule has 0 aliphatic heterocycles. The summed E-state index contributed by atoms with van der Waals surface area (Å²) in [4.78, 5) is 27.2. The van der Waals surface area contributed by atoms with Crippen molar-refractivity contribution >= 4 is 12.2 Å². The van der Waals surface area contributed by atoms with E-state index in [1.165, 1.54) is 29.6 Å². The van der Waals surface area contributed by atoms with Gasteiger partial charge in [-0.25, -0.2) is 9.59 Å². The van der Waals surface area contributed by atoms with Crippen LogP contribution in [0.25, 0.3) is 0 Å². The predicted octanol–water partition coefficient (Wildman–Crippen LogP) is 6.46. The number of phenols is 2. The van der Waals surface area contributed by atoms with Gasteiger partial charge in [0, 0.05) is 30.8 Å². The van der Waals surface area contributed by atoms with Crippen molar-refractivity contribution in [2.75, 3.05) is 28.3 Å². The fourth-order valence-electron chi connectivity index (χ4n) is 4.21. The summed E-state index contributed by atoms with van der Waals surface area (Å²) in [6.07, 6.45) is 8.62. The molecule has 8 heteroatoms. The number of unbranched alkanes of at least 4 members (excludes halogenated alkanes) is 2. The maximum Gasteiger partial charge on any atom is 0.409 e. The molecule has 0 aliphatic rings. The average molecular weight is 519 g/mol. The van der Waals surface area contributed by atoms with Gasteiger partial charge in [0.1, 0.15) is 11.5 Å². The zero-order valence-electron chi connectivity index (χ0n) is 23.9. The molecule has 0 bridgehead atoms. The molecule has 0 radical (unpaired) electrons. The first-order valence-electron chi connectivity index (χ1n) is 12.9. The van der Waals surface area contributed by atoms with E-state index in [9.17, 15) is 19.8 Å². The maximum atomic E-state index is 12.2. The summed E-state index contributed by atoms with van der Waals surface area (Å²) in [5.41, 5.74) is 4.64. The number of ether oxygens (including phenoxy) is 2. The standard InChI is InChI=1S/C29H46N2O6/c1-9-10-11-15-22-24(18-30(5)28(34)36-7)26(32)23(17-16-21(4)14-12-13-20(2)3)27(33)25(22)19-31(6)29(35)37-8/h13,16,32-33H,9-12,14-15,17-19H2,1-8H3/b21-16+. The van der Waals surface area contributed by atoms with Crippen molar-refractivity contribution in [1.29, 1.82) is 0 Å². The molecule has 2 amide bonds. The Balaban J connectivity index is 3.66. The van der Waals surface area contributed by atoms with Crippen molar-refractivity contribution in [3.63, 3.8) is 0 Å². The molecule has 37 heavy (non-hydrogen) atoms. The number of benzene rings is 1. The topological polar surface area (TPSA) is 99.5 Å². The van der Waals surface area contributed by atoms with Gasteiger partial charge in [-0.2, -0.15) is 0 Å². The lowest BCUT2D eigenvalue weighted by Crippen LogP contribution is -2.28. The first-order chi connectivity index (χ1) is 17.5. The van der Waals surface area contributed by atoms with E-state index in [2.05, 4.69) is 26.8 Å². The molecule has 0 fully saturated rings. The lowest BCUT2D eigenvalue weighted by molar-refractivity contribution is 0.130. The Labute approximate surface area is 222 Å². The van der Waals surface area contributed by atoms with E-state index in [1.54, 1.807) is 14.1 Å². The van der Waals surface area contributed by atoms with E-state index in [1.807, 2.05) is 13.0 Å². The molecule has 0 spiro atoms. The van der Waals surface area contributed by atoms with Crippen molar-refractivity contribution in [3.8, 4) is 11.5 Å². The Morgan fingerprint density at radius 2 is 1.32 bits per heavy atom. The van der Waals surface area contributed by atoms with Crippen LogP contribution in [-0.4, -0.2) is 60.5 Å². The molecule has 2 N–H and O–H groups in total. The zero-order valence-corrected chi connectivity index (χ0v) is 23.9. The van der Waals surface area contributed by atoms with Crippen molar-refractivity contribution in [2.45, 2.75) is 85.7 Å². The summed E-state index contributed by atoms with van der Waals surface area (Å²) < 4.78 is 9.73. The minimum atomic E-state index is -0.531. The number of rotatable bonds is 13. The Kier molecular flexibility index (Phi) is 13.6. The van der Waals surface area contributed by atoms with Gasteiger partial charge in [-0.3, -0.25) is 0 Å². The van der Waals surface area contributed by atoms with Gasteiger partial charge in [0.15, 0.2) is 0 Å². The molecule has 0 unspecified atom stereocenters. The van der Waals surface area contributed by atoms with Gasteiger partial charge in [0.25, 0.3) is 0 Å². The van der Waals surface area contributed by atoms with Crippen LogP contribution in [0.15, 0.2) is 23.3 Å². The van der Waals surface area contributed by atoms with E-state index >= 15 is 0 Å². The number of methoxy groups -OCH3 is 2. The SMILES string of the molecule is CCCCCc1c(CN(C)C(=O)OC)c(O)c(C/C=C(\C)CCC=C(C)C)c(O)c1CN(C)C(=O)OC. The quantitative estimate of drug-likeness (QED) is 0.230. The number of carbonyl (C=O) groups excluding carboxylic acids is 2. The fraction of sp³-hybridized carbons (Fsp3) is 0.586. The van der Waals surface area contributed by atoms with Crippen molar-refractivity contribution in [1.82, 2.24) is 9.80 Å². The monoisotopic (exact) mass is 518 g/mol. The third-order valence-corrected chi connectivity index (χ3v) is 6.41. The van der Waals surface area contributed by atoms with E-state index in [4.69, 9.17) is 9.47 Å². The molecule has 0 saturated carbocycles. The lowest BCUT2D eigenvalue weighted by Gasteiger charge is -2.26. The third-order valence-electron chi connectivity index (χ3n) is 6.41. The zero-order chi connectivity index (χ0) is 28.1. The molecule has 8 nitrogen and oxygen atoms in total. The van der Waals surface area contributed by atoms with Crippen LogP contribution in [0, 0.1) is 0 Å². The molecule has 0 aromatic heterocycles. The highest BCUT2D eigenvalue weighted by atomic mass is 16.5. The van der Waals surface area contributed by atoms with Gasteiger partial charge in [0.2, 0.25) is 0 Å². The van der Waals surface area contributed by atoms with Crippen LogP contribution >= 0.6 is 0 Å². The van der Waals surface area contributed by atoms with Crippen LogP contribution in [0.1, 0.15) is 82.1 Å². The lowest BCUT2D eigenvalue weighted by atomic mass is 9.89. The minimum absolute atomic E-state index is 0.0300. The summed E-state index contributed by atoms with van der Waals surface area (Å²) in [6.45, 7) is 8.47. The molecule has 0 saturated heterocycles. The second-order valence-corrected chi connectivity index (χ2v) is 9.80. The first-order valence-corrected chi connectivity index (χ1v) is 12.9. The Bertz CT molecular complexity index is 928. The molecule has 0 aliphatic carbocycles. The van der Waals surface area contributed by atoms with Crippen molar-refractivity contribution in [3.05, 3.63) is 45.6 Å². The fourth-order valence-corrected chi connectivity index (χ4v) is 4.21. The summed E-state index contributed by atoms with van der Waals surface area (Å²) in [7, 11) is 5.81. The molecule has 1 aromatic rings. The van der Waals surface area contributed by atoms with Crippen molar-refractivity contribution in [2.24, 2.45) is 0 Å². The number of carbonyl (C=O) groups is 2. The van der Waals surface area contributed by atoms with E-state index in [0.717, 1.165) is 43.2 Å². The van der Waals surface area contributed by atoms with Gasteiger partial charge in [0.05, 0.1) is 27.3 Å². The number of hydrogen-bond donors (Lipinski definition) is 2. The molecular formula is C29H46N2O6. The van der Waals surface area contributed by atoms with Gasteiger partial charge in [-0.05, 0) is 58.4 Å². The van der Waals surface area contributed by atoms with E-state index in [0.29, 0.717) is 29.5 Å². The average Bonchev–Trinajstić information content (AvgIpc) is 2.86. The Hall–Kier alpha value is -3.16. The molecule has 0 atom stereocenters. The third kappa shape index (κ3) is 9.67. The Morgan fingerprint density at radius 1 is 0.811 bits per heavy atom. The number of aromatic hydroxyl groups is 2. The highest BCUT2D eigenvalue weighted by Crippen LogP contribution is 2.41. The summed E-state index contributed by atoms with van der Waals surface area (Å²) >= 11 is 0. The molecule has 208 valence electrons. The summed E-state index contributed by atoms with van der Waals surface area (Å²) in [5.74, 6) is -0.0601. The van der Waals surface area contributed by atoms with Crippen LogP contribution in [0.3, 0.4) is 0 Å². The first kappa shape index (κ1) is 31.9. The smallest absolute Gasteiger partial charge is 0.409 e. The van der Waals surface area contributed by atoms with Gasteiger partial charge in [-0.1, -0.05) is 43.1 Å². The highest BCUT2D eigenvalue weighted by molar-refractivity contribution is 5.69. The van der Waals surface area contributed by atoms with E-state index in [-0.39, 0.29) is 24.6 Å². The van der Waals surface area contributed by atoms with Gasteiger partial charge >= 0.3 is 12.2 Å². The van der Waals surface area contributed by atoms with Crippen LogP contribution in [0.2, 0.25) is 0 Å². The highest BCUT2D eigenvalue weighted by Gasteiger charge is 2.26. The van der Waals surface area contributed by atoms with Crippen molar-refractivity contribution < 1.29 is 29.3 Å². The van der Waals surface area contributed by atoms with Gasteiger partial charge < -0.3 is 29.5 Å². The van der Waals surface area contributed by atoms with Crippen LogP contribution in [0.4, 0.5) is 9.59 Å². The minimum Gasteiger partial charge on any atom is -0.507 e. The second-order valence-electron chi connectivity index (χ2n) is 9.80.